The highest BCUT2D eigenvalue weighted by Crippen LogP contribution is 2.24. The van der Waals surface area contributed by atoms with Gasteiger partial charge in [-0.2, -0.15) is 0 Å². The Hall–Kier alpha value is -1.52. The monoisotopic (exact) mass is 416 g/mol. The molecule has 132 valence electrons. The molecular weight excluding hydrogens is 392 g/mol. The molecule has 0 fully saturated rings. The first kappa shape index (κ1) is 19.8. The van der Waals surface area contributed by atoms with Gasteiger partial charge in [0.15, 0.2) is 0 Å². The lowest BCUT2D eigenvalue weighted by Gasteiger charge is -2.09. The normalized spacial score (nSPS) is 10.6. The lowest BCUT2D eigenvalue weighted by molar-refractivity contribution is -0.687. The molecule has 0 aliphatic carbocycles. The third-order valence-electron chi connectivity index (χ3n) is 4.58. The number of hydrogen-bond acceptors (Lipinski definition) is 1. The van der Waals surface area contributed by atoms with Crippen LogP contribution in [0.2, 0.25) is 0 Å². The largest absolute Gasteiger partial charge is 1.00 e. The molecule has 0 spiro atoms. The first-order valence-corrected chi connectivity index (χ1v) is 8.74. The van der Waals surface area contributed by atoms with Crippen LogP contribution in [0, 0.1) is 34.6 Å². The molecule has 0 unspecified atom stereocenters. The quantitative estimate of drug-likeness (QED) is 0.490. The number of benzene rings is 2. The van der Waals surface area contributed by atoms with Gasteiger partial charge in [-0.25, -0.2) is 9.13 Å². The second-order valence-electron chi connectivity index (χ2n) is 6.82. The van der Waals surface area contributed by atoms with E-state index in [1.807, 2.05) is 0 Å². The van der Waals surface area contributed by atoms with E-state index >= 15 is 0 Å². The molecule has 0 bridgehead atoms. The second kappa shape index (κ2) is 7.79. The molecule has 0 amide bonds. The Bertz CT molecular complexity index is 889. The zero-order valence-corrected chi connectivity index (χ0v) is 17.9. The first-order valence-electron chi connectivity index (χ1n) is 8.29. The lowest BCUT2D eigenvalue weighted by atomic mass is 10.00. The van der Waals surface area contributed by atoms with E-state index in [0.717, 1.165) is 17.1 Å². The van der Waals surface area contributed by atoms with Crippen molar-refractivity contribution in [3.8, 4) is 5.69 Å². The van der Waals surface area contributed by atoms with Gasteiger partial charge in [0, 0.05) is 0 Å². The highest BCUT2D eigenvalue weighted by molar-refractivity contribution is 7.80. The van der Waals surface area contributed by atoms with Gasteiger partial charge in [-0.1, -0.05) is 23.8 Å². The average Bonchev–Trinajstić information content (AvgIpc) is 2.95. The topological polar surface area (TPSA) is 8.81 Å². The fraction of sp³-hybridized carbons (Fsp3) is 0.286. The molecule has 2 nitrogen and oxygen atoms in total. The van der Waals surface area contributed by atoms with Crippen LogP contribution >= 0.6 is 12.6 Å². The minimum Gasteiger partial charge on any atom is -1.00 e. The first-order chi connectivity index (χ1) is 11.3. The van der Waals surface area contributed by atoms with Gasteiger partial charge in [-0.3, -0.25) is 0 Å². The highest BCUT2D eigenvalue weighted by atomic mass is 79.9. The summed E-state index contributed by atoms with van der Waals surface area (Å²) in [7, 11) is 0. The van der Waals surface area contributed by atoms with Gasteiger partial charge >= 0.3 is 0 Å². The van der Waals surface area contributed by atoms with E-state index in [0.29, 0.717) is 0 Å². The molecule has 0 radical (unpaired) electrons. The maximum atomic E-state index is 4.69. The van der Waals surface area contributed by atoms with E-state index in [9.17, 15) is 0 Å². The number of aryl methyl sites for hydroxylation is 5. The van der Waals surface area contributed by atoms with Crippen LogP contribution in [0.3, 0.4) is 0 Å². The Labute approximate surface area is 166 Å². The Balaban J connectivity index is 0.00000225. The summed E-state index contributed by atoms with van der Waals surface area (Å²) in [6, 6.07) is 8.87. The average molecular weight is 417 g/mol. The number of aromatic nitrogens is 2. The van der Waals surface area contributed by atoms with Crippen LogP contribution in [-0.2, 0) is 6.54 Å². The van der Waals surface area contributed by atoms with Crippen molar-refractivity contribution in [2.45, 2.75) is 46.1 Å². The van der Waals surface area contributed by atoms with Gasteiger partial charge < -0.3 is 17.0 Å². The third kappa shape index (κ3) is 4.18. The summed E-state index contributed by atoms with van der Waals surface area (Å²) in [5.41, 5.74) is 9.03. The maximum Gasteiger partial charge on any atom is 0.249 e. The van der Waals surface area contributed by atoms with Crippen molar-refractivity contribution in [2.24, 2.45) is 0 Å². The number of imidazole rings is 1. The van der Waals surface area contributed by atoms with Crippen LogP contribution in [0.4, 0.5) is 0 Å². The summed E-state index contributed by atoms with van der Waals surface area (Å²) in [5, 5.41) is 0. The maximum absolute atomic E-state index is 4.69. The molecular formula is C21H25BrN2S. The minimum atomic E-state index is 0. The molecule has 0 aliphatic rings. The highest BCUT2D eigenvalue weighted by Gasteiger charge is 2.14. The number of thiol groups is 1. The van der Waals surface area contributed by atoms with Crippen molar-refractivity contribution in [2.75, 3.05) is 0 Å². The predicted molar refractivity (Wildman–Crippen MR) is 102 cm³/mol. The fourth-order valence-corrected chi connectivity index (χ4v) is 3.65. The molecule has 25 heavy (non-hydrogen) atoms. The Morgan fingerprint density at radius 3 is 2.08 bits per heavy atom. The Morgan fingerprint density at radius 1 is 0.880 bits per heavy atom. The van der Waals surface area contributed by atoms with Crippen LogP contribution in [0.15, 0.2) is 47.9 Å². The van der Waals surface area contributed by atoms with Crippen LogP contribution < -0.4 is 21.5 Å². The van der Waals surface area contributed by atoms with Gasteiger partial charge in [-0.05, 0) is 68.5 Å². The van der Waals surface area contributed by atoms with Crippen molar-refractivity contribution < 1.29 is 21.5 Å². The van der Waals surface area contributed by atoms with E-state index in [1.165, 1.54) is 33.4 Å². The van der Waals surface area contributed by atoms with Crippen molar-refractivity contribution in [3.05, 3.63) is 76.4 Å². The summed E-state index contributed by atoms with van der Waals surface area (Å²) >= 11 is 4.69. The SMILES string of the molecule is Cc1cc(C)c(C[n+]2ccn(-c3cc(C)cc(C)c3S)c2)c(C)c1.[Br-]. The van der Waals surface area contributed by atoms with Crippen molar-refractivity contribution in [1.29, 1.82) is 0 Å². The van der Waals surface area contributed by atoms with E-state index in [4.69, 9.17) is 12.6 Å². The zero-order valence-electron chi connectivity index (χ0n) is 15.5. The third-order valence-corrected chi connectivity index (χ3v) is 5.16. The molecule has 0 saturated heterocycles. The van der Waals surface area contributed by atoms with Crippen LogP contribution in [0.1, 0.15) is 33.4 Å². The smallest absolute Gasteiger partial charge is 0.249 e. The van der Waals surface area contributed by atoms with E-state index in [2.05, 4.69) is 86.7 Å². The van der Waals surface area contributed by atoms with Crippen molar-refractivity contribution >= 4 is 12.6 Å². The molecule has 2 aromatic carbocycles. The molecule has 0 atom stereocenters. The van der Waals surface area contributed by atoms with Gasteiger partial charge in [-0.15, -0.1) is 12.6 Å². The van der Waals surface area contributed by atoms with E-state index < -0.39 is 0 Å². The summed E-state index contributed by atoms with van der Waals surface area (Å²) in [5.74, 6) is 0. The molecule has 0 N–H and O–H groups in total. The summed E-state index contributed by atoms with van der Waals surface area (Å²) in [4.78, 5) is 1.03. The molecule has 0 saturated carbocycles. The molecule has 1 heterocycles. The number of rotatable bonds is 3. The summed E-state index contributed by atoms with van der Waals surface area (Å²) in [6.07, 6.45) is 6.38. The van der Waals surface area contributed by atoms with Gasteiger partial charge in [0.1, 0.15) is 24.6 Å². The van der Waals surface area contributed by atoms with Gasteiger partial charge in [0.05, 0.1) is 4.90 Å². The molecule has 3 rings (SSSR count). The molecule has 3 aromatic rings. The fourth-order valence-electron chi connectivity index (χ4n) is 3.41. The summed E-state index contributed by atoms with van der Waals surface area (Å²) < 4.78 is 4.39. The number of hydrogen-bond donors (Lipinski definition) is 1. The molecule has 4 heteroatoms. The minimum absolute atomic E-state index is 0. The predicted octanol–water partition coefficient (Wildman–Crippen LogP) is 1.65. The molecule has 1 aromatic heterocycles. The van der Waals surface area contributed by atoms with Crippen LogP contribution in [0.5, 0.6) is 0 Å². The summed E-state index contributed by atoms with van der Waals surface area (Å²) in [6.45, 7) is 11.7. The van der Waals surface area contributed by atoms with Gasteiger partial charge in [0.2, 0.25) is 6.33 Å². The second-order valence-corrected chi connectivity index (χ2v) is 7.27. The van der Waals surface area contributed by atoms with E-state index in [-0.39, 0.29) is 17.0 Å². The molecule has 0 aliphatic heterocycles. The van der Waals surface area contributed by atoms with E-state index in [1.54, 1.807) is 0 Å². The Kier molecular flexibility index (Phi) is 6.17. The Morgan fingerprint density at radius 2 is 1.44 bits per heavy atom. The number of nitrogens with zero attached hydrogens (tertiary/aromatic N) is 2. The van der Waals surface area contributed by atoms with Crippen LogP contribution in [-0.4, -0.2) is 4.57 Å². The van der Waals surface area contributed by atoms with Gasteiger partial charge in [0.25, 0.3) is 0 Å². The van der Waals surface area contributed by atoms with Crippen molar-refractivity contribution in [1.82, 2.24) is 4.57 Å². The number of halogens is 1. The standard InChI is InChI=1S/C21H24N2S.BrH/c1-14-8-16(3)19(17(4)9-14)12-22-6-7-23(13-22)20-11-15(2)10-18(5)21(20)24;/h6-11,13H,12H2,1-5H3;1H. The van der Waals surface area contributed by atoms with Crippen LogP contribution in [0.25, 0.3) is 5.69 Å². The lowest BCUT2D eigenvalue weighted by Crippen LogP contribution is -3.00. The van der Waals surface area contributed by atoms with Crippen molar-refractivity contribution in [3.63, 3.8) is 0 Å². The zero-order chi connectivity index (χ0) is 17.4.